The number of hydrogen-bond acceptors (Lipinski definition) is 6. The van der Waals surface area contributed by atoms with Crippen molar-refractivity contribution in [3.05, 3.63) is 11.1 Å². The van der Waals surface area contributed by atoms with Crippen LogP contribution in [0.15, 0.2) is 5.38 Å². The summed E-state index contributed by atoms with van der Waals surface area (Å²) >= 11 is 1.60. The molecule has 2 bridgehead atoms. The van der Waals surface area contributed by atoms with Gasteiger partial charge in [-0.15, -0.1) is 11.3 Å². The Balaban J connectivity index is 1.75. The van der Waals surface area contributed by atoms with E-state index in [1.165, 1.54) is 0 Å². The molecule has 2 saturated heterocycles. The molecule has 5 nitrogen and oxygen atoms in total. The number of morpholine rings is 1. The second-order valence-corrected chi connectivity index (χ2v) is 7.06. The van der Waals surface area contributed by atoms with Crippen LogP contribution in [0.2, 0.25) is 0 Å². The molecular formula is C15H22N2O3S. The van der Waals surface area contributed by atoms with Gasteiger partial charge in [0.2, 0.25) is 0 Å². The number of carbonyl (C=O) groups is 1. The van der Waals surface area contributed by atoms with Crippen molar-refractivity contribution >= 4 is 22.4 Å². The normalized spacial score (nSPS) is 25.2. The molecule has 0 aromatic carbocycles. The molecule has 3 rings (SSSR count). The van der Waals surface area contributed by atoms with Crippen molar-refractivity contribution in [3.63, 3.8) is 0 Å². The Morgan fingerprint density at radius 2 is 2.14 bits per heavy atom. The molecule has 0 amide bonds. The van der Waals surface area contributed by atoms with Gasteiger partial charge in [0.15, 0.2) is 5.13 Å². The zero-order valence-corrected chi connectivity index (χ0v) is 13.6. The molecule has 0 N–H and O–H groups in total. The van der Waals surface area contributed by atoms with Gasteiger partial charge in [-0.25, -0.2) is 4.98 Å². The monoisotopic (exact) mass is 310 g/mol. The number of rotatable bonds is 4. The lowest BCUT2D eigenvalue weighted by Gasteiger charge is -2.31. The molecule has 21 heavy (non-hydrogen) atoms. The Kier molecular flexibility index (Phi) is 3.92. The summed E-state index contributed by atoms with van der Waals surface area (Å²) in [5.74, 6) is -0.219. The van der Waals surface area contributed by atoms with Gasteiger partial charge >= 0.3 is 5.97 Å². The number of carbonyl (C=O) groups excluding carboxylic acids is 1. The van der Waals surface area contributed by atoms with Crippen LogP contribution in [0.5, 0.6) is 0 Å². The third-order valence-corrected chi connectivity index (χ3v) is 5.13. The summed E-state index contributed by atoms with van der Waals surface area (Å²) in [4.78, 5) is 19.1. The van der Waals surface area contributed by atoms with E-state index in [9.17, 15) is 4.79 Å². The second kappa shape index (κ2) is 5.57. The quantitative estimate of drug-likeness (QED) is 0.799. The second-order valence-electron chi connectivity index (χ2n) is 6.22. The van der Waals surface area contributed by atoms with Crippen LogP contribution in [-0.4, -0.2) is 42.9 Å². The van der Waals surface area contributed by atoms with Crippen molar-refractivity contribution in [3.8, 4) is 0 Å². The first kappa shape index (κ1) is 14.8. The number of aromatic nitrogens is 1. The van der Waals surface area contributed by atoms with E-state index in [4.69, 9.17) is 14.5 Å². The van der Waals surface area contributed by atoms with Gasteiger partial charge in [-0.1, -0.05) is 0 Å². The molecule has 116 valence electrons. The van der Waals surface area contributed by atoms with E-state index in [0.717, 1.165) is 36.8 Å². The molecular weight excluding hydrogens is 288 g/mol. The summed E-state index contributed by atoms with van der Waals surface area (Å²) < 4.78 is 11.0. The Hall–Kier alpha value is -1.14. The lowest BCUT2D eigenvalue weighted by atomic mass is 9.90. The zero-order chi connectivity index (χ0) is 15.0. The standard InChI is InChI=1S/C15H22N2O3S/c1-4-19-13(18)15(2,3)12-9-21-14(16-12)17-7-10-5-6-11(8-17)20-10/h9-11H,4-8H2,1-3H3. The number of ether oxygens (including phenoxy) is 2. The minimum atomic E-state index is -0.698. The van der Waals surface area contributed by atoms with Crippen LogP contribution in [0.1, 0.15) is 39.3 Å². The van der Waals surface area contributed by atoms with Crippen LogP contribution < -0.4 is 4.90 Å². The lowest BCUT2D eigenvalue weighted by Crippen LogP contribution is -2.42. The summed E-state index contributed by atoms with van der Waals surface area (Å²) in [5, 5.41) is 2.96. The molecule has 0 spiro atoms. The van der Waals surface area contributed by atoms with Crippen molar-refractivity contribution in [2.75, 3.05) is 24.6 Å². The maximum atomic E-state index is 12.1. The Morgan fingerprint density at radius 1 is 1.48 bits per heavy atom. The molecule has 1 aromatic rings. The predicted molar refractivity (Wildman–Crippen MR) is 81.9 cm³/mol. The van der Waals surface area contributed by atoms with Gasteiger partial charge in [-0.05, 0) is 33.6 Å². The van der Waals surface area contributed by atoms with Crippen LogP contribution >= 0.6 is 11.3 Å². The number of nitrogens with zero attached hydrogens (tertiary/aromatic N) is 2. The zero-order valence-electron chi connectivity index (χ0n) is 12.8. The molecule has 1 aromatic heterocycles. The summed E-state index contributed by atoms with van der Waals surface area (Å²) in [6.07, 6.45) is 2.98. The lowest BCUT2D eigenvalue weighted by molar-refractivity contribution is -0.148. The predicted octanol–water partition coefficient (Wildman–Crippen LogP) is 2.35. The Bertz CT molecular complexity index is 517. The summed E-state index contributed by atoms with van der Waals surface area (Å²) in [5.41, 5.74) is 0.0931. The topological polar surface area (TPSA) is 51.7 Å². The maximum absolute atomic E-state index is 12.1. The summed E-state index contributed by atoms with van der Waals surface area (Å²) in [6, 6.07) is 0. The fourth-order valence-electron chi connectivity index (χ4n) is 2.88. The fraction of sp³-hybridized carbons (Fsp3) is 0.733. The molecule has 0 radical (unpaired) electrons. The number of esters is 1. The van der Waals surface area contributed by atoms with Gasteiger partial charge in [0.25, 0.3) is 0 Å². The van der Waals surface area contributed by atoms with Crippen molar-refractivity contribution < 1.29 is 14.3 Å². The third-order valence-electron chi connectivity index (χ3n) is 4.23. The molecule has 0 aliphatic carbocycles. The maximum Gasteiger partial charge on any atom is 0.317 e. The minimum absolute atomic E-state index is 0.219. The van der Waals surface area contributed by atoms with Gasteiger partial charge < -0.3 is 14.4 Å². The highest BCUT2D eigenvalue weighted by Crippen LogP contribution is 2.34. The van der Waals surface area contributed by atoms with E-state index in [0.29, 0.717) is 18.8 Å². The van der Waals surface area contributed by atoms with E-state index in [2.05, 4.69) is 4.90 Å². The van der Waals surface area contributed by atoms with Crippen LogP contribution in [0, 0.1) is 0 Å². The molecule has 3 heterocycles. The molecule has 2 aliphatic rings. The molecule has 2 unspecified atom stereocenters. The largest absolute Gasteiger partial charge is 0.465 e. The highest BCUT2D eigenvalue weighted by molar-refractivity contribution is 7.13. The van der Waals surface area contributed by atoms with Gasteiger partial charge in [-0.2, -0.15) is 0 Å². The van der Waals surface area contributed by atoms with Crippen LogP contribution in [-0.2, 0) is 19.7 Å². The average molecular weight is 310 g/mol. The van der Waals surface area contributed by atoms with Gasteiger partial charge in [0.05, 0.1) is 24.5 Å². The van der Waals surface area contributed by atoms with Gasteiger partial charge in [0.1, 0.15) is 5.41 Å². The summed E-state index contributed by atoms with van der Waals surface area (Å²) in [6.45, 7) is 7.77. The molecule has 2 aliphatic heterocycles. The van der Waals surface area contributed by atoms with Crippen LogP contribution in [0.4, 0.5) is 5.13 Å². The van der Waals surface area contributed by atoms with Crippen molar-refractivity contribution in [2.24, 2.45) is 0 Å². The van der Waals surface area contributed by atoms with Crippen molar-refractivity contribution in [1.82, 2.24) is 4.98 Å². The first-order chi connectivity index (χ1) is 10.0. The highest BCUT2D eigenvalue weighted by Gasteiger charge is 2.37. The number of thiazole rings is 1. The number of anilines is 1. The van der Waals surface area contributed by atoms with Crippen LogP contribution in [0.25, 0.3) is 0 Å². The van der Waals surface area contributed by atoms with E-state index < -0.39 is 5.41 Å². The average Bonchev–Trinajstić information content (AvgIpc) is 3.06. The molecule has 2 atom stereocenters. The molecule has 6 heteroatoms. The number of fused-ring (bicyclic) bond motifs is 2. The molecule has 0 saturated carbocycles. The molecule has 2 fully saturated rings. The van der Waals surface area contributed by atoms with E-state index in [1.54, 1.807) is 11.3 Å². The minimum Gasteiger partial charge on any atom is -0.465 e. The first-order valence-corrected chi connectivity index (χ1v) is 8.42. The van der Waals surface area contributed by atoms with E-state index >= 15 is 0 Å². The Labute approximate surface area is 129 Å². The van der Waals surface area contributed by atoms with Gasteiger partial charge in [-0.3, -0.25) is 4.79 Å². The van der Waals surface area contributed by atoms with Crippen molar-refractivity contribution in [2.45, 2.75) is 51.2 Å². The van der Waals surface area contributed by atoms with E-state index in [1.807, 2.05) is 26.2 Å². The summed E-state index contributed by atoms with van der Waals surface area (Å²) in [7, 11) is 0. The third kappa shape index (κ3) is 2.79. The van der Waals surface area contributed by atoms with Crippen molar-refractivity contribution in [1.29, 1.82) is 0 Å². The van der Waals surface area contributed by atoms with E-state index in [-0.39, 0.29) is 5.97 Å². The fourth-order valence-corrected chi connectivity index (χ4v) is 3.90. The first-order valence-electron chi connectivity index (χ1n) is 7.54. The highest BCUT2D eigenvalue weighted by atomic mass is 32.1. The number of hydrogen-bond donors (Lipinski definition) is 0. The smallest absolute Gasteiger partial charge is 0.317 e. The SMILES string of the molecule is CCOC(=O)C(C)(C)c1csc(N2CC3CCC(C2)O3)n1. The van der Waals surface area contributed by atoms with Gasteiger partial charge in [0, 0.05) is 18.5 Å². The Morgan fingerprint density at radius 3 is 2.76 bits per heavy atom. The van der Waals surface area contributed by atoms with Crippen LogP contribution in [0.3, 0.4) is 0 Å².